The largest absolute Gasteiger partial charge is 0.245 e. The highest BCUT2D eigenvalue weighted by atomic mass is 32.2. The molecule has 0 aliphatic carbocycles. The molecule has 4 nitrogen and oxygen atoms in total. The van der Waals surface area contributed by atoms with Gasteiger partial charge >= 0.3 is 0 Å². The first kappa shape index (κ1) is 15.2. The lowest BCUT2D eigenvalue weighted by molar-refractivity contribution is 0.580. The molecule has 20 heavy (non-hydrogen) atoms. The Morgan fingerprint density at radius 2 is 1.90 bits per heavy atom. The molecule has 108 valence electrons. The van der Waals surface area contributed by atoms with E-state index in [1.54, 1.807) is 12.1 Å². The molecule has 2 aromatic rings. The first-order chi connectivity index (χ1) is 9.38. The lowest BCUT2D eigenvalue weighted by Gasteiger charge is -2.08. The van der Waals surface area contributed by atoms with Gasteiger partial charge in [0.25, 0.3) is 0 Å². The molecule has 1 heterocycles. The van der Waals surface area contributed by atoms with Crippen molar-refractivity contribution in [2.45, 2.75) is 38.1 Å². The van der Waals surface area contributed by atoms with Gasteiger partial charge in [-0.3, -0.25) is 0 Å². The second-order valence-electron chi connectivity index (χ2n) is 4.91. The molecular weight excluding hydrogens is 292 g/mol. The molecule has 0 bridgehead atoms. The maximum absolute atomic E-state index is 12.2. The summed E-state index contributed by atoms with van der Waals surface area (Å²) in [5, 5.41) is 2.79. The van der Waals surface area contributed by atoms with Crippen LogP contribution in [-0.2, 0) is 16.6 Å². The molecule has 0 radical (unpaired) electrons. The Morgan fingerprint density at radius 1 is 1.25 bits per heavy atom. The summed E-state index contributed by atoms with van der Waals surface area (Å²) in [6.07, 6.45) is 0. The Hall–Kier alpha value is -1.24. The first-order valence-electron chi connectivity index (χ1n) is 6.39. The highest BCUT2D eigenvalue weighted by Gasteiger charge is 2.14. The third kappa shape index (κ3) is 3.65. The van der Waals surface area contributed by atoms with Crippen LogP contribution >= 0.6 is 11.3 Å². The number of hydrogen-bond donors (Lipinski definition) is 1. The molecule has 0 aliphatic rings. The number of hydrogen-bond acceptors (Lipinski definition) is 4. The van der Waals surface area contributed by atoms with Crippen molar-refractivity contribution in [3.05, 3.63) is 45.9 Å². The highest BCUT2D eigenvalue weighted by Crippen LogP contribution is 2.17. The van der Waals surface area contributed by atoms with Crippen LogP contribution < -0.4 is 4.72 Å². The van der Waals surface area contributed by atoms with Gasteiger partial charge in [0.1, 0.15) is 0 Å². The van der Waals surface area contributed by atoms with Crippen molar-refractivity contribution in [1.29, 1.82) is 0 Å². The van der Waals surface area contributed by atoms with Crippen molar-refractivity contribution in [2.24, 2.45) is 0 Å². The summed E-state index contributed by atoms with van der Waals surface area (Å²) >= 11 is 1.51. The van der Waals surface area contributed by atoms with Crippen molar-refractivity contribution in [3.63, 3.8) is 0 Å². The van der Waals surface area contributed by atoms with E-state index < -0.39 is 10.0 Å². The molecule has 2 rings (SSSR count). The zero-order valence-electron chi connectivity index (χ0n) is 11.8. The van der Waals surface area contributed by atoms with Crippen molar-refractivity contribution in [3.8, 4) is 0 Å². The maximum Gasteiger partial charge on any atom is 0.240 e. The minimum atomic E-state index is -3.48. The van der Waals surface area contributed by atoms with E-state index in [1.165, 1.54) is 11.3 Å². The summed E-state index contributed by atoms with van der Waals surface area (Å²) in [5.41, 5.74) is 1.87. The zero-order chi connectivity index (χ0) is 14.8. The monoisotopic (exact) mass is 310 g/mol. The van der Waals surface area contributed by atoms with Crippen molar-refractivity contribution in [1.82, 2.24) is 9.71 Å². The fourth-order valence-electron chi connectivity index (χ4n) is 1.77. The number of benzene rings is 1. The van der Waals surface area contributed by atoms with Gasteiger partial charge in [-0.2, -0.15) is 0 Å². The summed E-state index contributed by atoms with van der Waals surface area (Å²) in [6, 6.07) is 6.99. The van der Waals surface area contributed by atoms with Crippen molar-refractivity contribution >= 4 is 21.4 Å². The van der Waals surface area contributed by atoms with Crippen molar-refractivity contribution in [2.75, 3.05) is 0 Å². The molecule has 6 heteroatoms. The number of aromatic nitrogens is 1. The summed E-state index contributed by atoms with van der Waals surface area (Å²) in [4.78, 5) is 4.52. The molecule has 0 saturated heterocycles. The van der Waals surface area contributed by atoms with Gasteiger partial charge in [-0.15, -0.1) is 11.3 Å². The van der Waals surface area contributed by atoms with Gasteiger partial charge in [0.15, 0.2) is 0 Å². The number of thiazole rings is 1. The Labute approximate surface area is 123 Å². The minimum absolute atomic E-state index is 0.221. The lowest BCUT2D eigenvalue weighted by Crippen LogP contribution is -2.23. The lowest BCUT2D eigenvalue weighted by atomic mass is 10.0. The topological polar surface area (TPSA) is 59.1 Å². The fourth-order valence-corrected chi connectivity index (χ4v) is 3.39. The molecule has 1 aromatic heterocycles. The molecule has 0 spiro atoms. The van der Waals surface area contributed by atoms with Crippen LogP contribution in [0.4, 0.5) is 0 Å². The molecule has 1 N–H and O–H groups in total. The number of rotatable bonds is 5. The second kappa shape index (κ2) is 6.03. The van der Waals surface area contributed by atoms with Crippen molar-refractivity contribution < 1.29 is 8.42 Å². The van der Waals surface area contributed by atoms with E-state index >= 15 is 0 Å². The van der Waals surface area contributed by atoms with Crippen LogP contribution in [0.15, 0.2) is 34.5 Å². The van der Waals surface area contributed by atoms with Crippen LogP contribution in [0.5, 0.6) is 0 Å². The quantitative estimate of drug-likeness (QED) is 0.923. The number of aryl methyl sites for hydroxylation is 1. The Morgan fingerprint density at radius 3 is 2.40 bits per heavy atom. The molecule has 0 aliphatic heterocycles. The molecule has 1 aromatic carbocycles. The standard InChI is InChI=1S/C14H18N2O2S2/c1-10(2)12-4-6-14(7-5-12)20(17,18)15-8-13-9-19-11(3)16-13/h4-7,9-10,15H,8H2,1-3H3. The van der Waals surface area contributed by atoms with Crippen LogP contribution in [0, 0.1) is 6.92 Å². The van der Waals surface area contributed by atoms with Crippen LogP contribution in [0.3, 0.4) is 0 Å². The van der Waals surface area contributed by atoms with Gasteiger partial charge < -0.3 is 0 Å². The van der Waals surface area contributed by atoms with E-state index in [2.05, 4.69) is 23.6 Å². The van der Waals surface area contributed by atoms with Crippen LogP contribution in [0.2, 0.25) is 0 Å². The predicted octanol–water partition coefficient (Wildman–Crippen LogP) is 3.05. The van der Waals surface area contributed by atoms with E-state index in [4.69, 9.17) is 0 Å². The normalized spacial score (nSPS) is 12.0. The molecular formula is C14H18N2O2S2. The van der Waals surface area contributed by atoms with Gasteiger partial charge in [-0.1, -0.05) is 26.0 Å². The van der Waals surface area contributed by atoms with Gasteiger partial charge in [-0.25, -0.2) is 18.1 Å². The number of nitrogens with one attached hydrogen (secondary N) is 1. The Bertz CT molecular complexity index is 673. The van der Waals surface area contributed by atoms with E-state index in [1.807, 2.05) is 24.4 Å². The molecule has 0 amide bonds. The SMILES string of the molecule is Cc1nc(CNS(=O)(=O)c2ccc(C(C)C)cc2)cs1. The molecule has 0 saturated carbocycles. The smallest absolute Gasteiger partial charge is 0.240 e. The van der Waals surface area contributed by atoms with E-state index in [0.717, 1.165) is 16.3 Å². The molecule has 0 fully saturated rings. The predicted molar refractivity (Wildman–Crippen MR) is 81.4 cm³/mol. The Kier molecular flexibility index (Phi) is 4.57. The summed E-state index contributed by atoms with van der Waals surface area (Å²) < 4.78 is 26.9. The minimum Gasteiger partial charge on any atom is -0.245 e. The molecule has 0 atom stereocenters. The summed E-state index contributed by atoms with van der Waals surface area (Å²) in [5.74, 6) is 0.387. The number of sulfonamides is 1. The van der Waals surface area contributed by atoms with E-state index in [-0.39, 0.29) is 11.4 Å². The Balaban J connectivity index is 2.09. The average Bonchev–Trinajstić information content (AvgIpc) is 2.82. The van der Waals surface area contributed by atoms with Crippen LogP contribution in [-0.4, -0.2) is 13.4 Å². The third-order valence-corrected chi connectivity index (χ3v) is 5.21. The van der Waals surface area contributed by atoms with Gasteiger partial charge in [0.2, 0.25) is 10.0 Å². The zero-order valence-corrected chi connectivity index (χ0v) is 13.4. The van der Waals surface area contributed by atoms with Gasteiger partial charge in [-0.05, 0) is 30.5 Å². The van der Waals surface area contributed by atoms with Crippen LogP contribution in [0.1, 0.15) is 36.0 Å². The maximum atomic E-state index is 12.2. The fraction of sp³-hybridized carbons (Fsp3) is 0.357. The summed E-state index contributed by atoms with van der Waals surface area (Å²) in [6.45, 7) is 6.27. The van der Waals surface area contributed by atoms with Crippen LogP contribution in [0.25, 0.3) is 0 Å². The van der Waals surface area contributed by atoms with Gasteiger partial charge in [0.05, 0.1) is 22.1 Å². The average molecular weight is 310 g/mol. The summed E-state index contributed by atoms with van der Waals surface area (Å²) in [7, 11) is -3.48. The van der Waals surface area contributed by atoms with Gasteiger partial charge in [0, 0.05) is 5.38 Å². The third-order valence-electron chi connectivity index (χ3n) is 2.97. The molecule has 0 unspecified atom stereocenters. The second-order valence-corrected chi connectivity index (χ2v) is 7.74. The van der Waals surface area contributed by atoms with E-state index in [0.29, 0.717) is 5.92 Å². The first-order valence-corrected chi connectivity index (χ1v) is 8.75. The highest BCUT2D eigenvalue weighted by molar-refractivity contribution is 7.89. The number of nitrogens with zero attached hydrogens (tertiary/aromatic N) is 1. The van der Waals surface area contributed by atoms with E-state index in [9.17, 15) is 8.42 Å².